The number of urea groups is 1. The number of aromatic nitrogens is 2. The number of rotatable bonds is 3. The van der Waals surface area contributed by atoms with Crippen molar-refractivity contribution in [2.45, 2.75) is 25.0 Å². The Hall–Kier alpha value is -2.54. The Morgan fingerprint density at radius 3 is 2.96 bits per heavy atom. The summed E-state index contributed by atoms with van der Waals surface area (Å²) in [6.07, 6.45) is 0.842. The van der Waals surface area contributed by atoms with Gasteiger partial charge in [-0.05, 0) is 24.0 Å². The fourth-order valence-corrected chi connectivity index (χ4v) is 2.87. The van der Waals surface area contributed by atoms with Crippen molar-refractivity contribution in [1.82, 2.24) is 15.1 Å². The van der Waals surface area contributed by atoms with E-state index in [1.165, 1.54) is 11.8 Å². The van der Waals surface area contributed by atoms with Crippen LogP contribution in [0.3, 0.4) is 0 Å². The van der Waals surface area contributed by atoms with Crippen molar-refractivity contribution >= 4 is 11.8 Å². The van der Waals surface area contributed by atoms with E-state index in [0.29, 0.717) is 18.1 Å². The second kappa shape index (κ2) is 6.29. The SMILES string of the molecule is COc1cc(NC(=O)N[C@H]2c3ccccc3CC[C@H]2O)n(C)n1. The highest BCUT2D eigenvalue weighted by Crippen LogP contribution is 2.30. The van der Waals surface area contributed by atoms with Crippen LogP contribution in [0.1, 0.15) is 23.6 Å². The molecule has 1 aromatic carbocycles. The largest absolute Gasteiger partial charge is 0.480 e. The van der Waals surface area contributed by atoms with Gasteiger partial charge in [-0.25, -0.2) is 9.48 Å². The average molecular weight is 316 g/mol. The van der Waals surface area contributed by atoms with Gasteiger partial charge in [0.15, 0.2) is 0 Å². The maximum Gasteiger partial charge on any atom is 0.320 e. The predicted molar refractivity (Wildman–Crippen MR) is 85.4 cm³/mol. The number of aliphatic hydroxyl groups is 1. The number of nitrogens with zero attached hydrogens (tertiary/aromatic N) is 2. The lowest BCUT2D eigenvalue weighted by Gasteiger charge is -2.30. The van der Waals surface area contributed by atoms with Crippen LogP contribution in [0.2, 0.25) is 0 Å². The molecule has 2 aromatic rings. The highest BCUT2D eigenvalue weighted by atomic mass is 16.5. The molecule has 23 heavy (non-hydrogen) atoms. The molecule has 2 atom stereocenters. The Morgan fingerprint density at radius 2 is 2.22 bits per heavy atom. The number of aryl methyl sites for hydroxylation is 2. The fourth-order valence-electron chi connectivity index (χ4n) is 2.87. The predicted octanol–water partition coefficient (Wildman–Crippen LogP) is 1.60. The summed E-state index contributed by atoms with van der Waals surface area (Å²) in [6.45, 7) is 0. The van der Waals surface area contributed by atoms with Gasteiger partial charge >= 0.3 is 6.03 Å². The Labute approximate surface area is 134 Å². The van der Waals surface area contributed by atoms with Crippen LogP contribution in [0.25, 0.3) is 0 Å². The first-order chi connectivity index (χ1) is 11.1. The molecule has 0 spiro atoms. The van der Waals surface area contributed by atoms with Crippen LogP contribution in [0, 0.1) is 0 Å². The molecule has 0 bridgehead atoms. The smallest absolute Gasteiger partial charge is 0.320 e. The minimum atomic E-state index is -0.600. The quantitative estimate of drug-likeness (QED) is 0.802. The van der Waals surface area contributed by atoms with Crippen LogP contribution in [0.15, 0.2) is 30.3 Å². The second-order valence-corrected chi connectivity index (χ2v) is 5.58. The van der Waals surface area contributed by atoms with Gasteiger partial charge in [-0.15, -0.1) is 5.10 Å². The molecule has 0 fully saturated rings. The number of carbonyl (C=O) groups is 1. The van der Waals surface area contributed by atoms with E-state index in [9.17, 15) is 9.90 Å². The summed E-state index contributed by atoms with van der Waals surface area (Å²) < 4.78 is 6.54. The maximum atomic E-state index is 12.3. The summed E-state index contributed by atoms with van der Waals surface area (Å²) in [7, 11) is 3.23. The topological polar surface area (TPSA) is 88.4 Å². The summed E-state index contributed by atoms with van der Waals surface area (Å²) in [4.78, 5) is 12.3. The van der Waals surface area contributed by atoms with E-state index >= 15 is 0 Å². The third-order valence-corrected chi connectivity index (χ3v) is 4.08. The summed E-state index contributed by atoms with van der Waals surface area (Å²) in [6, 6.07) is 8.66. The molecule has 2 amide bonds. The van der Waals surface area contributed by atoms with Gasteiger partial charge in [-0.2, -0.15) is 0 Å². The van der Waals surface area contributed by atoms with Crippen LogP contribution in [-0.2, 0) is 13.5 Å². The third kappa shape index (κ3) is 3.14. The first kappa shape index (κ1) is 15.4. The zero-order chi connectivity index (χ0) is 16.4. The molecule has 1 aromatic heterocycles. The number of nitrogens with one attached hydrogen (secondary N) is 2. The summed E-state index contributed by atoms with van der Waals surface area (Å²) >= 11 is 0. The molecule has 7 nitrogen and oxygen atoms in total. The van der Waals surface area contributed by atoms with E-state index in [4.69, 9.17) is 4.74 Å². The molecule has 1 heterocycles. The van der Waals surface area contributed by atoms with Gasteiger partial charge in [0, 0.05) is 13.1 Å². The molecular weight excluding hydrogens is 296 g/mol. The van der Waals surface area contributed by atoms with Crippen LogP contribution in [0.5, 0.6) is 5.88 Å². The first-order valence-corrected chi connectivity index (χ1v) is 7.50. The van der Waals surface area contributed by atoms with Crippen molar-refractivity contribution in [3.63, 3.8) is 0 Å². The maximum absolute atomic E-state index is 12.3. The van der Waals surface area contributed by atoms with E-state index in [2.05, 4.69) is 15.7 Å². The van der Waals surface area contributed by atoms with Gasteiger partial charge in [0.25, 0.3) is 0 Å². The van der Waals surface area contributed by atoms with E-state index < -0.39 is 18.2 Å². The number of benzene rings is 1. The minimum absolute atomic E-state index is 0.392. The zero-order valence-electron chi connectivity index (χ0n) is 13.1. The lowest BCUT2D eigenvalue weighted by molar-refractivity contribution is 0.114. The summed E-state index contributed by atoms with van der Waals surface area (Å²) in [5.74, 6) is 0.934. The molecule has 3 rings (SSSR count). The number of carbonyl (C=O) groups excluding carboxylic acids is 1. The van der Waals surface area contributed by atoms with Crippen molar-refractivity contribution in [2.75, 3.05) is 12.4 Å². The van der Waals surface area contributed by atoms with Crippen LogP contribution >= 0.6 is 0 Å². The monoisotopic (exact) mass is 316 g/mol. The molecule has 7 heteroatoms. The van der Waals surface area contributed by atoms with E-state index in [-0.39, 0.29) is 0 Å². The molecule has 0 unspecified atom stereocenters. The Bertz CT molecular complexity index is 713. The number of hydrogen-bond acceptors (Lipinski definition) is 4. The van der Waals surface area contributed by atoms with Gasteiger partial charge < -0.3 is 15.2 Å². The number of fused-ring (bicyclic) bond motifs is 1. The molecule has 0 aliphatic heterocycles. The molecule has 1 aliphatic rings. The van der Waals surface area contributed by atoms with Crippen molar-refractivity contribution in [1.29, 1.82) is 0 Å². The molecule has 3 N–H and O–H groups in total. The first-order valence-electron chi connectivity index (χ1n) is 7.50. The van der Waals surface area contributed by atoms with E-state index in [1.54, 1.807) is 13.1 Å². The van der Waals surface area contributed by atoms with Crippen molar-refractivity contribution in [3.8, 4) is 5.88 Å². The highest BCUT2D eigenvalue weighted by molar-refractivity contribution is 5.88. The van der Waals surface area contributed by atoms with Crippen LogP contribution in [-0.4, -0.2) is 34.1 Å². The Morgan fingerprint density at radius 1 is 1.43 bits per heavy atom. The zero-order valence-corrected chi connectivity index (χ0v) is 13.1. The van der Waals surface area contributed by atoms with Gasteiger partial charge in [0.05, 0.1) is 19.3 Å². The number of hydrogen-bond donors (Lipinski definition) is 3. The van der Waals surface area contributed by atoms with Gasteiger partial charge in [0.2, 0.25) is 5.88 Å². The Kier molecular flexibility index (Phi) is 4.20. The number of anilines is 1. The second-order valence-electron chi connectivity index (χ2n) is 5.58. The molecule has 0 saturated carbocycles. The summed E-state index contributed by atoms with van der Waals surface area (Å²) in [5.41, 5.74) is 2.12. The average Bonchev–Trinajstić information content (AvgIpc) is 2.90. The van der Waals surface area contributed by atoms with Gasteiger partial charge in [-0.3, -0.25) is 5.32 Å². The summed E-state index contributed by atoms with van der Waals surface area (Å²) in [5, 5.41) is 19.9. The van der Waals surface area contributed by atoms with Crippen molar-refractivity contribution in [3.05, 3.63) is 41.5 Å². The molecule has 1 aliphatic carbocycles. The highest BCUT2D eigenvalue weighted by Gasteiger charge is 2.29. The number of methoxy groups -OCH3 is 1. The van der Waals surface area contributed by atoms with Crippen LogP contribution < -0.4 is 15.4 Å². The lowest BCUT2D eigenvalue weighted by atomic mass is 9.86. The standard InChI is InChI=1S/C16H20N4O3/c1-20-13(9-14(19-20)23-2)17-16(22)18-15-11-6-4-3-5-10(11)7-8-12(15)21/h3-6,9,12,15,21H,7-8H2,1-2H3,(H2,17,18,22)/t12-,15+/m1/s1. The molecular formula is C16H20N4O3. The fraction of sp³-hybridized carbons (Fsp3) is 0.375. The van der Waals surface area contributed by atoms with Gasteiger partial charge in [-0.1, -0.05) is 24.3 Å². The van der Waals surface area contributed by atoms with Crippen molar-refractivity contribution in [2.24, 2.45) is 7.05 Å². The number of ether oxygens (including phenoxy) is 1. The normalized spacial score (nSPS) is 19.8. The van der Waals surface area contributed by atoms with Crippen LogP contribution in [0.4, 0.5) is 10.6 Å². The number of aliphatic hydroxyl groups excluding tert-OH is 1. The van der Waals surface area contributed by atoms with Crippen molar-refractivity contribution < 1.29 is 14.6 Å². The van der Waals surface area contributed by atoms with E-state index in [1.807, 2.05) is 24.3 Å². The van der Waals surface area contributed by atoms with Gasteiger partial charge in [0.1, 0.15) is 5.82 Å². The molecule has 122 valence electrons. The number of amides is 2. The molecule has 0 saturated heterocycles. The molecule has 0 radical (unpaired) electrons. The Balaban J connectivity index is 1.73. The lowest BCUT2D eigenvalue weighted by Crippen LogP contribution is -2.41. The third-order valence-electron chi connectivity index (χ3n) is 4.08. The van der Waals surface area contributed by atoms with E-state index in [0.717, 1.165) is 17.5 Å². The minimum Gasteiger partial charge on any atom is -0.480 e.